The predicted molar refractivity (Wildman–Crippen MR) is 112 cm³/mol. The highest BCUT2D eigenvalue weighted by Gasteiger charge is 2.26. The summed E-state index contributed by atoms with van der Waals surface area (Å²) in [6.45, 7) is 3.49. The van der Waals surface area contributed by atoms with E-state index in [1.54, 1.807) is 6.07 Å². The van der Waals surface area contributed by atoms with Gasteiger partial charge in [-0.2, -0.15) is 0 Å². The van der Waals surface area contributed by atoms with Gasteiger partial charge in [0.1, 0.15) is 18.0 Å². The summed E-state index contributed by atoms with van der Waals surface area (Å²) in [4.78, 5) is 23.4. The fourth-order valence-electron chi connectivity index (χ4n) is 3.66. The summed E-state index contributed by atoms with van der Waals surface area (Å²) < 4.78 is 13.5. The van der Waals surface area contributed by atoms with Crippen molar-refractivity contribution < 1.29 is 9.18 Å². The number of carbonyl (C=O) groups is 1. The van der Waals surface area contributed by atoms with Gasteiger partial charge in [0, 0.05) is 36.3 Å². The second-order valence-corrected chi connectivity index (χ2v) is 7.39. The lowest BCUT2D eigenvalue weighted by Gasteiger charge is -2.32. The van der Waals surface area contributed by atoms with Gasteiger partial charge in [-0.05, 0) is 49.6 Å². The molecule has 0 atom stereocenters. The van der Waals surface area contributed by atoms with Gasteiger partial charge in [0.15, 0.2) is 0 Å². The minimum absolute atomic E-state index is 0.0173. The van der Waals surface area contributed by atoms with Crippen molar-refractivity contribution in [3.8, 4) is 11.3 Å². The molecule has 1 aliphatic rings. The fourth-order valence-corrected chi connectivity index (χ4v) is 3.66. The normalized spacial score (nSPS) is 14.6. The first-order chi connectivity index (χ1) is 14.1. The first-order valence-corrected chi connectivity index (χ1v) is 9.79. The number of amides is 1. The van der Waals surface area contributed by atoms with Crippen molar-refractivity contribution in [2.75, 3.05) is 23.3 Å². The highest BCUT2D eigenvalue weighted by atomic mass is 19.1. The Morgan fingerprint density at radius 3 is 2.62 bits per heavy atom. The lowest BCUT2D eigenvalue weighted by Crippen LogP contribution is -2.38. The number of carbonyl (C=O) groups excluding carboxylic acids is 1. The van der Waals surface area contributed by atoms with E-state index in [9.17, 15) is 9.18 Å². The van der Waals surface area contributed by atoms with E-state index >= 15 is 0 Å². The van der Waals surface area contributed by atoms with Gasteiger partial charge in [-0.3, -0.25) is 4.79 Å². The molecule has 0 saturated carbocycles. The van der Waals surface area contributed by atoms with Crippen LogP contribution in [0.3, 0.4) is 0 Å². The van der Waals surface area contributed by atoms with Crippen LogP contribution in [0.4, 0.5) is 15.9 Å². The quantitative estimate of drug-likeness (QED) is 0.715. The van der Waals surface area contributed by atoms with Gasteiger partial charge in [0.05, 0.1) is 5.69 Å². The molecule has 4 rings (SSSR count). The molecule has 1 aliphatic heterocycles. The van der Waals surface area contributed by atoms with Gasteiger partial charge in [0.2, 0.25) is 5.91 Å². The summed E-state index contributed by atoms with van der Waals surface area (Å²) >= 11 is 0. The van der Waals surface area contributed by atoms with Gasteiger partial charge in [-0.25, -0.2) is 14.4 Å². The SMILES string of the molecule is Cc1cccc(NC(=O)C2CCN(c3cc(-c4cccc(F)c4)ncn3)CC2)c1. The Hall–Kier alpha value is -3.28. The van der Waals surface area contributed by atoms with Gasteiger partial charge in [-0.1, -0.05) is 24.3 Å². The molecule has 1 N–H and O–H groups in total. The maximum atomic E-state index is 13.5. The van der Waals surface area contributed by atoms with Crippen molar-refractivity contribution in [3.05, 3.63) is 72.3 Å². The first-order valence-electron chi connectivity index (χ1n) is 9.79. The topological polar surface area (TPSA) is 58.1 Å². The van der Waals surface area contributed by atoms with Crippen LogP contribution in [-0.2, 0) is 4.79 Å². The summed E-state index contributed by atoms with van der Waals surface area (Å²) in [5, 5.41) is 3.02. The highest BCUT2D eigenvalue weighted by molar-refractivity contribution is 5.92. The number of rotatable bonds is 4. The molecule has 1 amide bonds. The zero-order valence-electron chi connectivity index (χ0n) is 16.3. The first kappa shape index (κ1) is 19.1. The Balaban J connectivity index is 1.39. The number of hydrogen-bond acceptors (Lipinski definition) is 4. The zero-order valence-corrected chi connectivity index (χ0v) is 16.3. The van der Waals surface area contributed by atoms with E-state index in [-0.39, 0.29) is 17.6 Å². The smallest absolute Gasteiger partial charge is 0.227 e. The molecule has 0 unspecified atom stereocenters. The number of nitrogens with zero attached hydrogens (tertiary/aromatic N) is 3. The van der Waals surface area contributed by atoms with Crippen molar-refractivity contribution in [3.63, 3.8) is 0 Å². The predicted octanol–water partition coefficient (Wildman–Crippen LogP) is 4.45. The molecule has 3 aromatic rings. The van der Waals surface area contributed by atoms with Crippen molar-refractivity contribution >= 4 is 17.4 Å². The molecule has 6 heteroatoms. The molecule has 2 aromatic carbocycles. The average molecular weight is 390 g/mol. The number of benzene rings is 2. The van der Waals surface area contributed by atoms with Crippen molar-refractivity contribution in [2.45, 2.75) is 19.8 Å². The van der Waals surface area contributed by atoms with Crippen LogP contribution >= 0.6 is 0 Å². The molecular weight excluding hydrogens is 367 g/mol. The van der Waals surface area contributed by atoms with E-state index in [4.69, 9.17) is 0 Å². The number of aromatic nitrogens is 2. The monoisotopic (exact) mass is 390 g/mol. The van der Waals surface area contributed by atoms with Crippen LogP contribution in [0.1, 0.15) is 18.4 Å². The molecule has 0 aliphatic carbocycles. The van der Waals surface area contributed by atoms with Crippen LogP contribution in [0.25, 0.3) is 11.3 Å². The van der Waals surface area contributed by atoms with Crippen LogP contribution in [0.5, 0.6) is 0 Å². The Bertz CT molecular complexity index is 1020. The largest absolute Gasteiger partial charge is 0.356 e. The van der Waals surface area contributed by atoms with Crippen LogP contribution in [0.15, 0.2) is 60.9 Å². The summed E-state index contributed by atoms with van der Waals surface area (Å²) in [5.74, 6) is 0.564. The van der Waals surface area contributed by atoms with Crippen LogP contribution in [-0.4, -0.2) is 29.0 Å². The number of halogens is 1. The zero-order chi connectivity index (χ0) is 20.2. The Morgan fingerprint density at radius 1 is 1.07 bits per heavy atom. The van der Waals surface area contributed by atoms with Crippen LogP contribution in [0, 0.1) is 18.7 Å². The summed E-state index contributed by atoms with van der Waals surface area (Å²) in [7, 11) is 0. The Morgan fingerprint density at radius 2 is 1.86 bits per heavy atom. The lowest BCUT2D eigenvalue weighted by molar-refractivity contribution is -0.120. The molecule has 1 aromatic heterocycles. The van der Waals surface area contributed by atoms with Gasteiger partial charge < -0.3 is 10.2 Å². The Labute approximate surface area is 169 Å². The summed E-state index contributed by atoms with van der Waals surface area (Å²) in [6, 6.07) is 16.1. The van der Waals surface area contributed by atoms with E-state index in [0.717, 1.165) is 48.6 Å². The number of aryl methyl sites for hydroxylation is 1. The molecule has 0 radical (unpaired) electrons. The van der Waals surface area contributed by atoms with Gasteiger partial charge in [0.25, 0.3) is 0 Å². The molecule has 1 saturated heterocycles. The maximum Gasteiger partial charge on any atom is 0.227 e. The highest BCUT2D eigenvalue weighted by Crippen LogP contribution is 2.26. The lowest BCUT2D eigenvalue weighted by atomic mass is 9.95. The van der Waals surface area contributed by atoms with Gasteiger partial charge >= 0.3 is 0 Å². The molecule has 0 spiro atoms. The molecule has 1 fully saturated rings. The van der Waals surface area contributed by atoms with Crippen molar-refractivity contribution in [2.24, 2.45) is 5.92 Å². The van der Waals surface area contributed by atoms with Crippen LogP contribution in [0.2, 0.25) is 0 Å². The number of hydrogen-bond donors (Lipinski definition) is 1. The number of nitrogens with one attached hydrogen (secondary N) is 1. The van der Waals surface area contributed by atoms with E-state index in [1.165, 1.54) is 18.5 Å². The maximum absolute atomic E-state index is 13.5. The summed E-state index contributed by atoms with van der Waals surface area (Å²) in [6.07, 6.45) is 3.03. The third-order valence-electron chi connectivity index (χ3n) is 5.25. The molecular formula is C23H23FN4O. The van der Waals surface area contributed by atoms with E-state index < -0.39 is 0 Å². The van der Waals surface area contributed by atoms with Gasteiger partial charge in [-0.15, -0.1) is 0 Å². The van der Waals surface area contributed by atoms with Crippen molar-refractivity contribution in [1.29, 1.82) is 0 Å². The Kier molecular flexibility index (Phi) is 5.51. The molecule has 0 bridgehead atoms. The summed E-state index contributed by atoms with van der Waals surface area (Å²) in [5.41, 5.74) is 3.37. The molecule has 2 heterocycles. The average Bonchev–Trinajstić information content (AvgIpc) is 2.74. The number of piperidine rings is 1. The second kappa shape index (κ2) is 8.39. The molecule has 148 valence electrons. The molecule has 29 heavy (non-hydrogen) atoms. The van der Waals surface area contributed by atoms with E-state index in [1.807, 2.05) is 43.3 Å². The van der Waals surface area contributed by atoms with E-state index in [2.05, 4.69) is 20.2 Å². The third-order valence-corrected chi connectivity index (χ3v) is 5.25. The van der Waals surface area contributed by atoms with Crippen molar-refractivity contribution in [1.82, 2.24) is 9.97 Å². The van der Waals surface area contributed by atoms with Crippen LogP contribution < -0.4 is 10.2 Å². The minimum Gasteiger partial charge on any atom is -0.356 e. The third kappa shape index (κ3) is 4.59. The number of anilines is 2. The minimum atomic E-state index is -0.289. The fraction of sp³-hybridized carbons (Fsp3) is 0.261. The van der Waals surface area contributed by atoms with E-state index in [0.29, 0.717) is 5.69 Å². The standard InChI is InChI=1S/C23H23FN4O/c1-16-4-2-7-20(12-16)27-23(29)17-8-10-28(11-9-17)22-14-21(25-15-26-22)18-5-3-6-19(24)13-18/h2-7,12-15,17H,8-11H2,1H3,(H,27,29). The molecule has 5 nitrogen and oxygen atoms in total. The second-order valence-electron chi connectivity index (χ2n) is 7.39.